The van der Waals surface area contributed by atoms with E-state index in [1.54, 1.807) is 6.92 Å². The molecule has 4 fully saturated rings. The van der Waals surface area contributed by atoms with Gasteiger partial charge in [0.25, 0.3) is 5.91 Å². The lowest BCUT2D eigenvalue weighted by Crippen LogP contribution is -2.61. The Morgan fingerprint density at radius 2 is 2.00 bits per heavy atom. The zero-order chi connectivity index (χ0) is 17.3. The van der Waals surface area contributed by atoms with Crippen LogP contribution in [0, 0.1) is 17.3 Å². The predicted octanol–water partition coefficient (Wildman–Crippen LogP) is 1.06. The Morgan fingerprint density at radius 3 is 2.67 bits per heavy atom. The standard InChI is InChI=1S/C17H24N2O5/c1-16(2)12-10(6-7-23-12)13(16)24-11(20)8-19-14(21)17(3,9-4-5-9)18-15(19)22/h9-10,12-13H,4-8H2,1-3H3,(H,18,22)/t10-,12+,13+,17+/m0/s1. The predicted molar refractivity (Wildman–Crippen MR) is 82.9 cm³/mol. The fourth-order valence-corrected chi connectivity index (χ4v) is 4.62. The maximum atomic E-state index is 12.5. The normalized spacial score (nSPS) is 40.1. The first-order valence-electron chi connectivity index (χ1n) is 8.70. The van der Waals surface area contributed by atoms with Gasteiger partial charge in [-0.3, -0.25) is 14.5 Å². The average Bonchev–Trinajstić information content (AvgIpc) is 3.24. The summed E-state index contributed by atoms with van der Waals surface area (Å²) in [4.78, 5) is 38.0. The summed E-state index contributed by atoms with van der Waals surface area (Å²) < 4.78 is 11.3. The molecule has 3 amide bonds. The number of hydrogen-bond acceptors (Lipinski definition) is 5. The van der Waals surface area contributed by atoms with Gasteiger partial charge in [-0.2, -0.15) is 0 Å². The van der Waals surface area contributed by atoms with Gasteiger partial charge in [-0.1, -0.05) is 13.8 Å². The number of esters is 1. The van der Waals surface area contributed by atoms with Crippen LogP contribution in [0.2, 0.25) is 0 Å². The zero-order valence-electron chi connectivity index (χ0n) is 14.3. The molecule has 7 nitrogen and oxygen atoms in total. The molecule has 0 aromatic rings. The summed E-state index contributed by atoms with van der Waals surface area (Å²) in [6.07, 6.45) is 2.66. The maximum Gasteiger partial charge on any atom is 0.326 e. The van der Waals surface area contributed by atoms with Crippen LogP contribution in [0.1, 0.15) is 40.0 Å². The fourth-order valence-electron chi connectivity index (χ4n) is 4.62. The van der Waals surface area contributed by atoms with Crippen LogP contribution in [0.15, 0.2) is 0 Å². The van der Waals surface area contributed by atoms with Crippen LogP contribution in [0.5, 0.6) is 0 Å². The molecule has 2 aliphatic heterocycles. The van der Waals surface area contributed by atoms with Crippen LogP contribution in [0.4, 0.5) is 4.79 Å². The third-order valence-corrected chi connectivity index (χ3v) is 6.23. The van der Waals surface area contributed by atoms with Crippen molar-refractivity contribution in [2.75, 3.05) is 13.2 Å². The Hall–Kier alpha value is -1.63. The summed E-state index contributed by atoms with van der Waals surface area (Å²) in [6.45, 7) is 6.16. The van der Waals surface area contributed by atoms with Crippen LogP contribution in [-0.4, -0.2) is 53.7 Å². The molecular weight excluding hydrogens is 312 g/mol. The van der Waals surface area contributed by atoms with E-state index >= 15 is 0 Å². The van der Waals surface area contributed by atoms with Crippen molar-refractivity contribution in [2.24, 2.45) is 17.3 Å². The molecule has 0 aromatic heterocycles. The van der Waals surface area contributed by atoms with Gasteiger partial charge < -0.3 is 14.8 Å². The van der Waals surface area contributed by atoms with Crippen LogP contribution in [0.25, 0.3) is 0 Å². The van der Waals surface area contributed by atoms with Gasteiger partial charge in [0, 0.05) is 17.9 Å². The number of fused-ring (bicyclic) bond motifs is 1. The molecule has 24 heavy (non-hydrogen) atoms. The van der Waals surface area contributed by atoms with E-state index in [-0.39, 0.29) is 41.9 Å². The molecule has 132 valence electrons. The lowest BCUT2D eigenvalue weighted by atomic mass is 9.59. The lowest BCUT2D eigenvalue weighted by Gasteiger charge is -2.53. The first kappa shape index (κ1) is 15.9. The molecular formula is C17H24N2O5. The van der Waals surface area contributed by atoms with Crippen molar-refractivity contribution < 1.29 is 23.9 Å². The van der Waals surface area contributed by atoms with Crippen molar-refractivity contribution in [3.8, 4) is 0 Å². The Labute approximate surface area is 141 Å². The second-order valence-corrected chi connectivity index (χ2v) is 8.27. The number of nitrogens with zero attached hydrogens (tertiary/aromatic N) is 1. The summed E-state index contributed by atoms with van der Waals surface area (Å²) in [5.41, 5.74) is -1.09. The van der Waals surface area contributed by atoms with E-state index < -0.39 is 17.5 Å². The molecule has 0 aromatic carbocycles. The van der Waals surface area contributed by atoms with Crippen molar-refractivity contribution in [1.82, 2.24) is 10.2 Å². The number of urea groups is 1. The molecule has 1 N–H and O–H groups in total. The minimum Gasteiger partial charge on any atom is -0.460 e. The lowest BCUT2D eigenvalue weighted by molar-refractivity contribution is -0.210. The molecule has 0 unspecified atom stereocenters. The fraction of sp³-hybridized carbons (Fsp3) is 0.824. The van der Waals surface area contributed by atoms with Gasteiger partial charge in [0.2, 0.25) is 0 Å². The van der Waals surface area contributed by atoms with Crippen molar-refractivity contribution in [1.29, 1.82) is 0 Å². The number of hydrogen-bond donors (Lipinski definition) is 1. The maximum absolute atomic E-state index is 12.5. The average molecular weight is 336 g/mol. The highest BCUT2D eigenvalue weighted by atomic mass is 16.6. The second kappa shape index (κ2) is 4.94. The molecule has 2 aliphatic carbocycles. The molecule has 4 rings (SSSR count). The molecule has 0 bridgehead atoms. The summed E-state index contributed by atoms with van der Waals surface area (Å²) in [5.74, 6) is -0.440. The number of rotatable bonds is 4. The Bertz CT molecular complexity index is 614. The van der Waals surface area contributed by atoms with E-state index in [9.17, 15) is 14.4 Å². The van der Waals surface area contributed by atoms with E-state index in [0.717, 1.165) is 24.2 Å². The first-order valence-corrected chi connectivity index (χ1v) is 8.70. The molecule has 7 heteroatoms. The van der Waals surface area contributed by atoms with Gasteiger partial charge >= 0.3 is 12.0 Å². The monoisotopic (exact) mass is 336 g/mol. The van der Waals surface area contributed by atoms with Gasteiger partial charge in [0.15, 0.2) is 0 Å². The molecule has 0 radical (unpaired) electrons. The molecule has 4 aliphatic rings. The smallest absolute Gasteiger partial charge is 0.326 e. The highest BCUT2D eigenvalue weighted by molar-refractivity contribution is 6.08. The van der Waals surface area contributed by atoms with Crippen molar-refractivity contribution in [3.05, 3.63) is 0 Å². The number of carbonyl (C=O) groups excluding carboxylic acids is 3. The van der Waals surface area contributed by atoms with Crippen molar-refractivity contribution in [2.45, 2.75) is 57.8 Å². The van der Waals surface area contributed by atoms with Gasteiger partial charge in [-0.05, 0) is 32.1 Å². The van der Waals surface area contributed by atoms with Gasteiger partial charge in [0.05, 0.1) is 6.10 Å². The van der Waals surface area contributed by atoms with E-state index in [1.165, 1.54) is 0 Å². The summed E-state index contributed by atoms with van der Waals surface area (Å²) >= 11 is 0. The van der Waals surface area contributed by atoms with Crippen molar-refractivity contribution >= 4 is 17.9 Å². The minimum absolute atomic E-state index is 0.130. The summed E-state index contributed by atoms with van der Waals surface area (Å²) in [6, 6.07) is -0.499. The molecule has 2 saturated carbocycles. The van der Waals surface area contributed by atoms with Crippen LogP contribution >= 0.6 is 0 Å². The Morgan fingerprint density at radius 1 is 1.29 bits per heavy atom. The topological polar surface area (TPSA) is 84.9 Å². The summed E-state index contributed by atoms with van der Waals surface area (Å²) in [5, 5.41) is 2.74. The zero-order valence-corrected chi connectivity index (χ0v) is 14.3. The third kappa shape index (κ3) is 2.10. The Kier molecular flexibility index (Phi) is 3.27. The minimum atomic E-state index is -0.864. The molecule has 2 saturated heterocycles. The number of nitrogens with one attached hydrogen (secondary N) is 1. The number of imide groups is 1. The quantitative estimate of drug-likeness (QED) is 0.613. The highest BCUT2D eigenvalue weighted by Gasteiger charge is 2.62. The highest BCUT2D eigenvalue weighted by Crippen LogP contribution is 2.53. The van der Waals surface area contributed by atoms with Crippen LogP contribution < -0.4 is 5.32 Å². The second-order valence-electron chi connectivity index (χ2n) is 8.27. The number of carbonyl (C=O) groups is 3. The van der Waals surface area contributed by atoms with Crippen LogP contribution in [0.3, 0.4) is 0 Å². The van der Waals surface area contributed by atoms with Crippen molar-refractivity contribution in [3.63, 3.8) is 0 Å². The molecule has 2 heterocycles. The van der Waals surface area contributed by atoms with Gasteiger partial charge in [0.1, 0.15) is 18.2 Å². The van der Waals surface area contributed by atoms with E-state index in [2.05, 4.69) is 5.32 Å². The number of ether oxygens (including phenoxy) is 2. The van der Waals surface area contributed by atoms with E-state index in [1.807, 2.05) is 13.8 Å². The molecule has 0 spiro atoms. The van der Waals surface area contributed by atoms with Gasteiger partial charge in [-0.25, -0.2) is 4.79 Å². The van der Waals surface area contributed by atoms with E-state index in [0.29, 0.717) is 6.61 Å². The molecule has 4 atom stereocenters. The first-order chi connectivity index (χ1) is 11.2. The van der Waals surface area contributed by atoms with Crippen LogP contribution in [-0.2, 0) is 19.1 Å². The summed E-state index contributed by atoms with van der Waals surface area (Å²) in [7, 11) is 0. The van der Waals surface area contributed by atoms with E-state index in [4.69, 9.17) is 9.47 Å². The number of amides is 3. The third-order valence-electron chi connectivity index (χ3n) is 6.23. The van der Waals surface area contributed by atoms with Gasteiger partial charge in [-0.15, -0.1) is 0 Å². The SMILES string of the molecule is CC1(C)[C@@H]2OCC[C@@H]2[C@H]1OC(=O)CN1C(=O)N[C@](C)(C2CC2)C1=O. The Balaban J connectivity index is 1.40. The largest absolute Gasteiger partial charge is 0.460 e.